The number of amides is 1. The SMILES string of the molecule is O=C(CCS(=O)(=O)c1ccc2c(c1)OCCO2)Nc1ccc(Cl)cc1F. The quantitative estimate of drug-likeness (QED) is 0.835. The number of carbonyl (C=O) groups is 1. The number of halogens is 2. The van der Waals surface area contributed by atoms with Crippen LogP contribution < -0.4 is 14.8 Å². The number of hydrogen-bond acceptors (Lipinski definition) is 5. The molecule has 3 rings (SSSR count). The van der Waals surface area contributed by atoms with Crippen molar-refractivity contribution in [1.29, 1.82) is 0 Å². The van der Waals surface area contributed by atoms with Gasteiger partial charge in [0.1, 0.15) is 19.0 Å². The summed E-state index contributed by atoms with van der Waals surface area (Å²) >= 11 is 5.64. The fourth-order valence-electron chi connectivity index (χ4n) is 2.37. The van der Waals surface area contributed by atoms with Crippen molar-refractivity contribution in [2.24, 2.45) is 0 Å². The number of benzene rings is 2. The fraction of sp³-hybridized carbons (Fsp3) is 0.235. The molecule has 1 heterocycles. The maximum atomic E-state index is 13.7. The molecule has 1 N–H and O–H groups in total. The van der Waals surface area contributed by atoms with Crippen molar-refractivity contribution in [2.75, 3.05) is 24.3 Å². The molecule has 0 atom stereocenters. The Labute approximate surface area is 154 Å². The lowest BCUT2D eigenvalue weighted by Gasteiger charge is -2.18. The van der Waals surface area contributed by atoms with Gasteiger partial charge < -0.3 is 14.8 Å². The summed E-state index contributed by atoms with van der Waals surface area (Å²) in [6.45, 7) is 0.742. The topological polar surface area (TPSA) is 81.7 Å². The lowest BCUT2D eigenvalue weighted by Crippen LogP contribution is -2.19. The zero-order valence-corrected chi connectivity index (χ0v) is 15.1. The van der Waals surface area contributed by atoms with Crippen molar-refractivity contribution in [3.05, 3.63) is 47.2 Å². The van der Waals surface area contributed by atoms with Crippen LogP contribution in [-0.2, 0) is 14.6 Å². The summed E-state index contributed by atoms with van der Waals surface area (Å²) in [6.07, 6.45) is -0.321. The van der Waals surface area contributed by atoms with Crippen LogP contribution in [0.1, 0.15) is 6.42 Å². The molecule has 26 heavy (non-hydrogen) atoms. The summed E-state index contributed by atoms with van der Waals surface area (Å²) in [7, 11) is -3.71. The van der Waals surface area contributed by atoms with Gasteiger partial charge in [0.15, 0.2) is 21.3 Å². The molecule has 0 saturated heterocycles. The van der Waals surface area contributed by atoms with Gasteiger partial charge in [0.2, 0.25) is 5.91 Å². The number of carbonyl (C=O) groups excluding carboxylic acids is 1. The molecule has 9 heteroatoms. The van der Waals surface area contributed by atoms with Crippen molar-refractivity contribution < 1.29 is 27.1 Å². The van der Waals surface area contributed by atoms with E-state index in [-0.39, 0.29) is 22.0 Å². The second-order valence-corrected chi connectivity index (χ2v) is 8.09. The zero-order valence-electron chi connectivity index (χ0n) is 13.5. The van der Waals surface area contributed by atoms with Crippen LogP contribution in [0.15, 0.2) is 41.3 Å². The van der Waals surface area contributed by atoms with Gasteiger partial charge in [-0.05, 0) is 30.3 Å². The Kier molecular flexibility index (Phi) is 5.33. The molecule has 2 aromatic rings. The number of rotatable bonds is 5. The smallest absolute Gasteiger partial charge is 0.225 e. The van der Waals surface area contributed by atoms with Crippen LogP contribution in [0.5, 0.6) is 11.5 Å². The summed E-state index contributed by atoms with van der Waals surface area (Å²) in [5.74, 6) is -0.905. The largest absolute Gasteiger partial charge is 0.486 e. The Morgan fingerprint density at radius 3 is 2.58 bits per heavy atom. The predicted octanol–water partition coefficient (Wildman–Crippen LogP) is 3.05. The minimum Gasteiger partial charge on any atom is -0.486 e. The second-order valence-electron chi connectivity index (χ2n) is 5.55. The average Bonchev–Trinajstić information content (AvgIpc) is 2.62. The molecule has 0 radical (unpaired) electrons. The molecule has 1 aliphatic rings. The number of nitrogens with one attached hydrogen (secondary N) is 1. The maximum absolute atomic E-state index is 13.7. The van der Waals surface area contributed by atoms with Gasteiger partial charge in [-0.3, -0.25) is 4.79 Å². The van der Waals surface area contributed by atoms with Crippen molar-refractivity contribution in [2.45, 2.75) is 11.3 Å². The number of ether oxygens (including phenoxy) is 2. The van der Waals surface area contributed by atoms with Crippen LogP contribution in [0.25, 0.3) is 0 Å². The highest BCUT2D eigenvalue weighted by molar-refractivity contribution is 7.91. The Hall–Kier alpha value is -2.32. The highest BCUT2D eigenvalue weighted by atomic mass is 35.5. The molecule has 0 bridgehead atoms. The van der Waals surface area contributed by atoms with E-state index in [2.05, 4.69) is 5.32 Å². The molecule has 1 amide bonds. The van der Waals surface area contributed by atoms with Crippen molar-refractivity contribution in [1.82, 2.24) is 0 Å². The van der Waals surface area contributed by atoms with Gasteiger partial charge in [-0.2, -0.15) is 0 Å². The van der Waals surface area contributed by atoms with Crippen molar-refractivity contribution in [3.63, 3.8) is 0 Å². The van der Waals surface area contributed by atoms with E-state index in [9.17, 15) is 17.6 Å². The van der Waals surface area contributed by atoms with E-state index in [1.54, 1.807) is 0 Å². The van der Waals surface area contributed by atoms with E-state index in [1.807, 2.05) is 0 Å². The van der Waals surface area contributed by atoms with Gasteiger partial charge in [0.05, 0.1) is 16.3 Å². The van der Waals surface area contributed by atoms with Crippen LogP contribution in [-0.4, -0.2) is 33.3 Å². The first kappa shape index (κ1) is 18.5. The van der Waals surface area contributed by atoms with Crippen LogP contribution >= 0.6 is 11.6 Å². The van der Waals surface area contributed by atoms with E-state index >= 15 is 0 Å². The lowest BCUT2D eigenvalue weighted by atomic mass is 10.3. The normalized spacial score (nSPS) is 13.3. The monoisotopic (exact) mass is 399 g/mol. The molecule has 2 aromatic carbocycles. The molecule has 0 saturated carbocycles. The predicted molar refractivity (Wildman–Crippen MR) is 94.1 cm³/mol. The van der Waals surface area contributed by atoms with E-state index in [0.29, 0.717) is 24.7 Å². The molecule has 0 spiro atoms. The molecule has 0 aliphatic carbocycles. The van der Waals surface area contributed by atoms with Gasteiger partial charge in [-0.15, -0.1) is 0 Å². The van der Waals surface area contributed by atoms with Crippen molar-refractivity contribution >= 4 is 33.0 Å². The minimum absolute atomic E-state index is 0.0345. The number of hydrogen-bond donors (Lipinski definition) is 1. The van der Waals surface area contributed by atoms with Gasteiger partial charge in [-0.25, -0.2) is 12.8 Å². The van der Waals surface area contributed by atoms with E-state index in [0.717, 1.165) is 6.07 Å². The molecular weight excluding hydrogens is 385 g/mol. The van der Waals surface area contributed by atoms with E-state index < -0.39 is 27.3 Å². The number of fused-ring (bicyclic) bond motifs is 1. The minimum atomic E-state index is -3.71. The van der Waals surface area contributed by atoms with E-state index in [1.165, 1.54) is 30.3 Å². The number of sulfone groups is 1. The molecule has 1 aliphatic heterocycles. The van der Waals surface area contributed by atoms with Crippen LogP contribution in [0.3, 0.4) is 0 Å². The zero-order chi connectivity index (χ0) is 18.7. The van der Waals surface area contributed by atoms with Gasteiger partial charge in [0, 0.05) is 17.5 Å². The van der Waals surface area contributed by atoms with Gasteiger partial charge in [-0.1, -0.05) is 11.6 Å². The summed E-state index contributed by atoms with van der Waals surface area (Å²) in [5.41, 5.74) is -0.0591. The third-order valence-corrected chi connectivity index (χ3v) is 5.62. The molecule has 0 aromatic heterocycles. The van der Waals surface area contributed by atoms with Crippen LogP contribution in [0.2, 0.25) is 5.02 Å². The van der Waals surface area contributed by atoms with E-state index in [4.69, 9.17) is 21.1 Å². The standard InChI is InChI=1S/C17H15ClFNO5S/c18-11-1-3-14(13(19)9-11)20-17(21)5-8-26(22,23)12-2-4-15-16(10-12)25-7-6-24-15/h1-4,9-10H,5-8H2,(H,20,21). The molecule has 138 valence electrons. The fourth-order valence-corrected chi connectivity index (χ4v) is 3.78. The molecule has 0 fully saturated rings. The Morgan fingerprint density at radius 2 is 1.85 bits per heavy atom. The first-order valence-corrected chi connectivity index (χ1v) is 9.75. The highest BCUT2D eigenvalue weighted by Gasteiger charge is 2.21. The van der Waals surface area contributed by atoms with Crippen LogP contribution in [0.4, 0.5) is 10.1 Å². The van der Waals surface area contributed by atoms with Crippen LogP contribution in [0, 0.1) is 5.82 Å². The van der Waals surface area contributed by atoms with Crippen molar-refractivity contribution in [3.8, 4) is 11.5 Å². The Balaban J connectivity index is 1.65. The summed E-state index contributed by atoms with van der Waals surface area (Å²) in [4.78, 5) is 12.0. The molecule has 0 unspecified atom stereocenters. The third-order valence-electron chi connectivity index (χ3n) is 3.68. The second kappa shape index (κ2) is 7.51. The van der Waals surface area contributed by atoms with Gasteiger partial charge in [0.25, 0.3) is 0 Å². The maximum Gasteiger partial charge on any atom is 0.225 e. The first-order chi connectivity index (χ1) is 12.3. The summed E-state index contributed by atoms with van der Waals surface area (Å²) in [5, 5.41) is 2.53. The van der Waals surface area contributed by atoms with Gasteiger partial charge >= 0.3 is 0 Å². The highest BCUT2D eigenvalue weighted by Crippen LogP contribution is 2.32. The first-order valence-electron chi connectivity index (χ1n) is 7.72. The Morgan fingerprint density at radius 1 is 1.12 bits per heavy atom. The summed E-state index contributed by atoms with van der Waals surface area (Å²) < 4.78 is 49.2. The molecule has 6 nitrogen and oxygen atoms in total. The third kappa shape index (κ3) is 4.25. The molecular formula is C17H15ClFNO5S. The average molecular weight is 400 g/mol. The number of anilines is 1. The Bertz CT molecular complexity index is 948. The lowest BCUT2D eigenvalue weighted by molar-refractivity contribution is -0.115. The summed E-state index contributed by atoms with van der Waals surface area (Å²) in [6, 6.07) is 8.09.